The molecule has 3 heteroatoms. The normalized spacial score (nSPS) is 19.9. The lowest BCUT2D eigenvalue weighted by Crippen LogP contribution is -2.03. The van der Waals surface area contributed by atoms with Crippen LogP contribution in [0.3, 0.4) is 0 Å². The number of hydrogen-bond donors (Lipinski definition) is 1. The van der Waals surface area contributed by atoms with Gasteiger partial charge in [0.1, 0.15) is 0 Å². The molecular weight excluding hydrogens is 204 g/mol. The Hall–Kier alpha value is -0.120. The first-order valence-electron chi connectivity index (χ1n) is 6.68. The first-order chi connectivity index (χ1) is 7.91. The standard InChI is InChI=1S/2C5H10O.C3H8O/c2*1-2-4-6-5-3-1;1-2-3-4/h2*1-5H2;4H,2-3H2,1H3. The predicted molar refractivity (Wildman–Crippen MR) is 66.7 cm³/mol. The molecule has 0 aromatic heterocycles. The van der Waals surface area contributed by atoms with Crippen molar-refractivity contribution in [2.45, 2.75) is 51.9 Å². The summed E-state index contributed by atoms with van der Waals surface area (Å²) in [4.78, 5) is 0. The van der Waals surface area contributed by atoms with Crippen molar-refractivity contribution in [2.24, 2.45) is 0 Å². The van der Waals surface area contributed by atoms with Gasteiger partial charge < -0.3 is 14.6 Å². The lowest BCUT2D eigenvalue weighted by molar-refractivity contribution is 0.0967. The van der Waals surface area contributed by atoms with Gasteiger partial charge in [-0.05, 0) is 44.9 Å². The predicted octanol–water partition coefficient (Wildman–Crippen LogP) is 2.76. The molecule has 3 nitrogen and oxygen atoms in total. The van der Waals surface area contributed by atoms with E-state index in [1.165, 1.54) is 38.5 Å². The molecule has 16 heavy (non-hydrogen) atoms. The summed E-state index contributed by atoms with van der Waals surface area (Å²) in [7, 11) is 0. The molecule has 1 N–H and O–H groups in total. The summed E-state index contributed by atoms with van der Waals surface area (Å²) in [5.41, 5.74) is 0. The molecule has 0 radical (unpaired) electrons. The fourth-order valence-corrected chi connectivity index (χ4v) is 1.37. The molecule has 0 amide bonds. The van der Waals surface area contributed by atoms with Crippen LogP contribution in [-0.2, 0) is 9.47 Å². The van der Waals surface area contributed by atoms with Crippen LogP contribution in [0.15, 0.2) is 0 Å². The smallest absolute Gasteiger partial charge is 0.0466 e. The van der Waals surface area contributed by atoms with E-state index in [2.05, 4.69) is 0 Å². The summed E-state index contributed by atoms with van der Waals surface area (Å²) in [6.07, 6.45) is 8.74. The van der Waals surface area contributed by atoms with E-state index < -0.39 is 0 Å². The molecule has 98 valence electrons. The minimum absolute atomic E-state index is 0.319. The highest BCUT2D eigenvalue weighted by atomic mass is 16.5. The molecule has 0 unspecified atom stereocenters. The summed E-state index contributed by atoms with van der Waals surface area (Å²) in [6.45, 7) is 6.25. The second kappa shape index (κ2) is 14.9. The van der Waals surface area contributed by atoms with Crippen molar-refractivity contribution in [1.82, 2.24) is 0 Å². The summed E-state index contributed by atoms with van der Waals surface area (Å²) < 4.78 is 10.1. The maximum atomic E-state index is 7.88. The maximum absolute atomic E-state index is 7.88. The molecule has 0 aliphatic carbocycles. The van der Waals surface area contributed by atoms with Crippen molar-refractivity contribution < 1.29 is 14.6 Å². The van der Waals surface area contributed by atoms with Crippen LogP contribution in [0.2, 0.25) is 0 Å². The van der Waals surface area contributed by atoms with E-state index >= 15 is 0 Å². The second-order valence-electron chi connectivity index (χ2n) is 4.07. The first kappa shape index (κ1) is 15.9. The minimum Gasteiger partial charge on any atom is -0.396 e. The zero-order chi connectivity index (χ0) is 11.9. The van der Waals surface area contributed by atoms with E-state index in [4.69, 9.17) is 14.6 Å². The van der Waals surface area contributed by atoms with Crippen LogP contribution in [0.4, 0.5) is 0 Å². The highest BCUT2D eigenvalue weighted by Crippen LogP contribution is 2.02. The van der Waals surface area contributed by atoms with Crippen LogP contribution < -0.4 is 0 Å². The van der Waals surface area contributed by atoms with Gasteiger partial charge in [-0.1, -0.05) is 6.92 Å². The van der Waals surface area contributed by atoms with E-state index in [0.29, 0.717) is 6.61 Å². The number of hydrogen-bond acceptors (Lipinski definition) is 3. The summed E-state index contributed by atoms with van der Waals surface area (Å²) in [5, 5.41) is 7.88. The Labute approximate surface area is 100 Å². The van der Waals surface area contributed by atoms with Gasteiger partial charge in [0, 0.05) is 33.0 Å². The van der Waals surface area contributed by atoms with Gasteiger partial charge >= 0.3 is 0 Å². The van der Waals surface area contributed by atoms with Gasteiger partial charge in [-0.3, -0.25) is 0 Å². The molecule has 2 saturated heterocycles. The van der Waals surface area contributed by atoms with Crippen LogP contribution >= 0.6 is 0 Å². The van der Waals surface area contributed by atoms with Gasteiger partial charge in [0.15, 0.2) is 0 Å². The number of rotatable bonds is 1. The Kier molecular flexibility index (Phi) is 14.8. The zero-order valence-electron chi connectivity index (χ0n) is 10.7. The Morgan fingerprint density at radius 1 is 0.750 bits per heavy atom. The summed E-state index contributed by atoms with van der Waals surface area (Å²) in [6, 6.07) is 0. The monoisotopic (exact) mass is 232 g/mol. The Balaban J connectivity index is 0.000000217. The largest absolute Gasteiger partial charge is 0.396 e. The molecular formula is C13H28O3. The first-order valence-corrected chi connectivity index (χ1v) is 6.68. The van der Waals surface area contributed by atoms with Crippen LogP contribution in [0, 0.1) is 0 Å². The van der Waals surface area contributed by atoms with Gasteiger partial charge in [-0.25, -0.2) is 0 Å². The number of aliphatic hydroxyl groups is 1. The van der Waals surface area contributed by atoms with Gasteiger partial charge in [-0.2, -0.15) is 0 Å². The van der Waals surface area contributed by atoms with Crippen molar-refractivity contribution in [2.75, 3.05) is 33.0 Å². The summed E-state index contributed by atoms with van der Waals surface area (Å²) >= 11 is 0. The molecule has 2 heterocycles. The zero-order valence-corrected chi connectivity index (χ0v) is 10.7. The van der Waals surface area contributed by atoms with E-state index in [9.17, 15) is 0 Å². The van der Waals surface area contributed by atoms with E-state index in [0.717, 1.165) is 32.8 Å². The molecule has 0 saturated carbocycles. The highest BCUT2D eigenvalue weighted by molar-refractivity contribution is 4.45. The molecule has 2 fully saturated rings. The van der Waals surface area contributed by atoms with E-state index in [1.807, 2.05) is 6.92 Å². The summed E-state index contributed by atoms with van der Waals surface area (Å²) in [5.74, 6) is 0. The van der Waals surface area contributed by atoms with Crippen LogP contribution in [0.5, 0.6) is 0 Å². The van der Waals surface area contributed by atoms with Gasteiger partial charge in [0.05, 0.1) is 0 Å². The van der Waals surface area contributed by atoms with Crippen molar-refractivity contribution in [1.29, 1.82) is 0 Å². The Morgan fingerprint density at radius 3 is 1.12 bits per heavy atom. The molecule has 0 bridgehead atoms. The highest BCUT2D eigenvalue weighted by Gasteiger charge is 1.95. The second-order valence-corrected chi connectivity index (χ2v) is 4.07. The van der Waals surface area contributed by atoms with Gasteiger partial charge in [-0.15, -0.1) is 0 Å². The average molecular weight is 232 g/mol. The van der Waals surface area contributed by atoms with Crippen LogP contribution in [-0.4, -0.2) is 38.1 Å². The average Bonchev–Trinajstić information content (AvgIpc) is 2.44. The Morgan fingerprint density at radius 2 is 1.06 bits per heavy atom. The molecule has 2 aliphatic rings. The van der Waals surface area contributed by atoms with Gasteiger partial charge in [0.25, 0.3) is 0 Å². The molecule has 0 atom stereocenters. The number of aliphatic hydroxyl groups excluding tert-OH is 1. The van der Waals surface area contributed by atoms with E-state index in [1.54, 1.807) is 0 Å². The van der Waals surface area contributed by atoms with E-state index in [-0.39, 0.29) is 0 Å². The SMILES string of the molecule is C1CCOCC1.C1CCOCC1.CCCO. The van der Waals surface area contributed by atoms with Crippen LogP contribution in [0.1, 0.15) is 51.9 Å². The molecule has 2 aliphatic heterocycles. The molecule has 2 rings (SSSR count). The number of ether oxygens (including phenoxy) is 2. The van der Waals surface area contributed by atoms with Crippen LogP contribution in [0.25, 0.3) is 0 Å². The van der Waals surface area contributed by atoms with Crippen molar-refractivity contribution in [3.8, 4) is 0 Å². The quantitative estimate of drug-likeness (QED) is 0.755. The third-order valence-corrected chi connectivity index (χ3v) is 2.38. The third kappa shape index (κ3) is 13.9. The Bertz CT molecular complexity index is 72.7. The fourth-order valence-electron chi connectivity index (χ4n) is 1.37. The lowest BCUT2D eigenvalue weighted by atomic mass is 10.2. The van der Waals surface area contributed by atoms with Gasteiger partial charge in [0.2, 0.25) is 0 Å². The fraction of sp³-hybridized carbons (Fsp3) is 1.00. The van der Waals surface area contributed by atoms with Crippen molar-refractivity contribution in [3.63, 3.8) is 0 Å². The van der Waals surface area contributed by atoms with Crippen molar-refractivity contribution in [3.05, 3.63) is 0 Å². The minimum atomic E-state index is 0.319. The molecule has 0 spiro atoms. The maximum Gasteiger partial charge on any atom is 0.0466 e. The molecule has 0 aromatic carbocycles. The molecule has 0 aromatic rings. The topological polar surface area (TPSA) is 38.7 Å². The van der Waals surface area contributed by atoms with Crippen molar-refractivity contribution >= 4 is 0 Å². The lowest BCUT2D eigenvalue weighted by Gasteiger charge is -2.08. The third-order valence-electron chi connectivity index (χ3n) is 2.38.